The number of benzene rings is 1. The maximum Gasteiger partial charge on any atom is 0.340 e. The number of anilines is 1. The minimum Gasteiger partial charge on any atom is -0.462 e. The Morgan fingerprint density at radius 2 is 2.09 bits per heavy atom. The van der Waals surface area contributed by atoms with Crippen LogP contribution >= 0.6 is 0 Å². The smallest absolute Gasteiger partial charge is 0.340 e. The molecule has 0 spiro atoms. The third-order valence-corrected chi connectivity index (χ3v) is 2.75. The summed E-state index contributed by atoms with van der Waals surface area (Å²) in [6, 6.07) is 8.48. The first-order chi connectivity index (χ1) is 11.1. The van der Waals surface area contributed by atoms with E-state index >= 15 is 0 Å². The Hall–Kier alpha value is -2.85. The third-order valence-electron chi connectivity index (χ3n) is 2.75. The molecule has 0 bridgehead atoms. The highest BCUT2D eigenvalue weighted by molar-refractivity contribution is 5.98. The molecule has 0 aliphatic heterocycles. The van der Waals surface area contributed by atoms with Crippen molar-refractivity contribution in [2.24, 2.45) is 0 Å². The van der Waals surface area contributed by atoms with Crippen LogP contribution < -0.4 is 10.6 Å². The highest BCUT2D eigenvalue weighted by Crippen LogP contribution is 2.16. The molecule has 1 aromatic carbocycles. The Morgan fingerprint density at radius 3 is 2.74 bits per heavy atom. The van der Waals surface area contributed by atoms with Gasteiger partial charge < -0.3 is 20.1 Å². The average Bonchev–Trinajstić information content (AvgIpc) is 2.56. The van der Waals surface area contributed by atoms with E-state index in [0.29, 0.717) is 24.4 Å². The molecule has 7 heteroatoms. The lowest BCUT2D eigenvalue weighted by molar-refractivity contribution is -0.117. The van der Waals surface area contributed by atoms with E-state index in [1.54, 1.807) is 37.3 Å². The normalized spacial score (nSPS) is 10.6. The summed E-state index contributed by atoms with van der Waals surface area (Å²) in [5.41, 5.74) is 0.658. The second kappa shape index (κ2) is 9.97. The van der Waals surface area contributed by atoms with E-state index in [2.05, 4.69) is 10.6 Å². The molecule has 0 saturated carbocycles. The lowest BCUT2D eigenvalue weighted by Gasteiger charge is -2.09. The summed E-state index contributed by atoms with van der Waals surface area (Å²) >= 11 is 0. The fourth-order valence-corrected chi connectivity index (χ4v) is 1.66. The Morgan fingerprint density at radius 1 is 1.35 bits per heavy atom. The topological polar surface area (TPSA) is 100 Å². The number of methoxy groups -OCH3 is 1. The van der Waals surface area contributed by atoms with Gasteiger partial charge in [0.1, 0.15) is 11.6 Å². The predicted octanol–water partition coefficient (Wildman–Crippen LogP) is 1.45. The monoisotopic (exact) mass is 317 g/mol. The summed E-state index contributed by atoms with van der Waals surface area (Å²) in [7, 11) is 1.51. The van der Waals surface area contributed by atoms with Gasteiger partial charge in [0.15, 0.2) is 0 Å². The maximum atomic E-state index is 11.8. The molecule has 0 radical (unpaired) electrons. The first-order valence-corrected chi connectivity index (χ1v) is 7.04. The Balaban J connectivity index is 2.84. The van der Waals surface area contributed by atoms with Crippen molar-refractivity contribution in [1.82, 2.24) is 5.32 Å². The number of esters is 1. The molecule has 1 rings (SSSR count). The molecule has 7 nitrogen and oxygen atoms in total. The Kier molecular flexibility index (Phi) is 7.89. The number of rotatable bonds is 8. The van der Waals surface area contributed by atoms with E-state index in [4.69, 9.17) is 14.7 Å². The van der Waals surface area contributed by atoms with E-state index in [0.717, 1.165) is 0 Å². The molecule has 0 heterocycles. The first kappa shape index (κ1) is 18.2. The van der Waals surface area contributed by atoms with E-state index in [1.807, 2.05) is 0 Å². The van der Waals surface area contributed by atoms with Crippen molar-refractivity contribution < 1.29 is 19.1 Å². The van der Waals surface area contributed by atoms with E-state index in [-0.39, 0.29) is 12.2 Å². The zero-order valence-electron chi connectivity index (χ0n) is 13.1. The number of hydrogen-bond acceptors (Lipinski definition) is 6. The summed E-state index contributed by atoms with van der Waals surface area (Å²) in [6.45, 7) is 2.62. The molecule has 0 fully saturated rings. The van der Waals surface area contributed by atoms with Crippen LogP contribution in [0.1, 0.15) is 17.3 Å². The van der Waals surface area contributed by atoms with Crippen molar-refractivity contribution in [3.05, 3.63) is 41.6 Å². The molecule has 0 aliphatic carbocycles. The third kappa shape index (κ3) is 5.80. The molecule has 1 aromatic rings. The van der Waals surface area contributed by atoms with Gasteiger partial charge in [0.25, 0.3) is 5.91 Å². The summed E-state index contributed by atoms with van der Waals surface area (Å²) in [5.74, 6) is -1.00. The highest BCUT2D eigenvalue weighted by atomic mass is 16.5. The van der Waals surface area contributed by atoms with Gasteiger partial charge in [-0.2, -0.15) is 5.26 Å². The molecule has 0 saturated heterocycles. The van der Waals surface area contributed by atoms with Gasteiger partial charge >= 0.3 is 5.97 Å². The zero-order valence-corrected chi connectivity index (χ0v) is 13.1. The second-order valence-corrected chi connectivity index (χ2v) is 4.33. The largest absolute Gasteiger partial charge is 0.462 e. The van der Waals surface area contributed by atoms with Crippen LogP contribution in [0.2, 0.25) is 0 Å². The molecular weight excluding hydrogens is 298 g/mol. The first-order valence-electron chi connectivity index (χ1n) is 7.04. The quantitative estimate of drug-likeness (QED) is 0.326. The lowest BCUT2D eigenvalue weighted by Crippen LogP contribution is -2.28. The molecule has 0 aromatic heterocycles. The predicted molar refractivity (Wildman–Crippen MR) is 84.6 cm³/mol. The molecule has 0 atom stereocenters. The number of ether oxygens (including phenoxy) is 2. The van der Waals surface area contributed by atoms with Crippen molar-refractivity contribution in [2.45, 2.75) is 6.92 Å². The van der Waals surface area contributed by atoms with Gasteiger partial charge in [0.2, 0.25) is 0 Å². The Bertz CT molecular complexity index is 620. The summed E-state index contributed by atoms with van der Waals surface area (Å²) in [4.78, 5) is 23.6. The average molecular weight is 317 g/mol. The van der Waals surface area contributed by atoms with Crippen LogP contribution in [0.4, 0.5) is 5.69 Å². The fraction of sp³-hybridized carbons (Fsp3) is 0.312. The molecule has 23 heavy (non-hydrogen) atoms. The van der Waals surface area contributed by atoms with Crippen LogP contribution in [0.3, 0.4) is 0 Å². The van der Waals surface area contributed by atoms with E-state index in [9.17, 15) is 9.59 Å². The summed E-state index contributed by atoms with van der Waals surface area (Å²) in [6.07, 6.45) is 1.25. The van der Waals surface area contributed by atoms with Gasteiger partial charge in [-0.15, -0.1) is 0 Å². The van der Waals surface area contributed by atoms with Gasteiger partial charge in [-0.1, -0.05) is 12.1 Å². The number of amides is 1. The summed E-state index contributed by atoms with van der Waals surface area (Å²) in [5, 5.41) is 14.4. The number of nitrogens with zero attached hydrogens (tertiary/aromatic N) is 1. The van der Waals surface area contributed by atoms with Crippen LogP contribution in [-0.4, -0.2) is 38.7 Å². The standard InChI is InChI=1S/C16H19N3O4/c1-3-23-16(21)13-6-4-5-7-14(13)19-11-12(10-17)15(20)18-8-9-22-2/h4-7,11,19H,3,8-9H2,1-2H3,(H,18,20)/b12-11-. The van der Waals surface area contributed by atoms with Crippen molar-refractivity contribution in [2.75, 3.05) is 32.2 Å². The molecule has 0 aliphatic rings. The van der Waals surface area contributed by atoms with E-state index < -0.39 is 11.9 Å². The van der Waals surface area contributed by atoms with Gasteiger partial charge in [0, 0.05) is 19.9 Å². The van der Waals surface area contributed by atoms with Crippen LogP contribution in [0, 0.1) is 11.3 Å². The van der Waals surface area contributed by atoms with Gasteiger partial charge in [-0.25, -0.2) is 4.79 Å². The number of carbonyl (C=O) groups is 2. The lowest BCUT2D eigenvalue weighted by atomic mass is 10.2. The van der Waals surface area contributed by atoms with Gasteiger partial charge in [-0.3, -0.25) is 4.79 Å². The molecule has 0 unspecified atom stereocenters. The van der Waals surface area contributed by atoms with Crippen molar-refractivity contribution in [1.29, 1.82) is 5.26 Å². The van der Waals surface area contributed by atoms with Gasteiger partial charge in [-0.05, 0) is 19.1 Å². The number of carbonyl (C=O) groups excluding carboxylic acids is 2. The zero-order chi connectivity index (χ0) is 17.1. The number of hydrogen-bond donors (Lipinski definition) is 2. The SMILES string of the molecule is CCOC(=O)c1ccccc1N/C=C(/C#N)C(=O)NCCOC. The van der Waals surface area contributed by atoms with Crippen molar-refractivity contribution >= 4 is 17.6 Å². The van der Waals surface area contributed by atoms with Crippen LogP contribution in [0.5, 0.6) is 0 Å². The van der Waals surface area contributed by atoms with Crippen LogP contribution in [-0.2, 0) is 14.3 Å². The molecular formula is C16H19N3O4. The van der Waals surface area contributed by atoms with Crippen LogP contribution in [0.15, 0.2) is 36.0 Å². The highest BCUT2D eigenvalue weighted by Gasteiger charge is 2.12. The minimum atomic E-state index is -0.523. The fourth-order valence-electron chi connectivity index (χ4n) is 1.66. The summed E-state index contributed by atoms with van der Waals surface area (Å²) < 4.78 is 9.77. The Labute approximate surface area is 134 Å². The second-order valence-electron chi connectivity index (χ2n) is 4.33. The molecule has 2 N–H and O–H groups in total. The maximum absolute atomic E-state index is 11.8. The molecule has 1 amide bonds. The number of nitriles is 1. The minimum absolute atomic E-state index is 0.111. The molecule has 122 valence electrons. The number of para-hydroxylation sites is 1. The van der Waals surface area contributed by atoms with E-state index in [1.165, 1.54) is 13.3 Å². The van der Waals surface area contributed by atoms with Crippen molar-refractivity contribution in [3.8, 4) is 6.07 Å². The van der Waals surface area contributed by atoms with Crippen molar-refractivity contribution in [3.63, 3.8) is 0 Å². The van der Waals surface area contributed by atoms with Gasteiger partial charge in [0.05, 0.1) is 24.5 Å². The van der Waals surface area contributed by atoms with Crippen LogP contribution in [0.25, 0.3) is 0 Å². The number of nitrogens with one attached hydrogen (secondary N) is 2.